The second kappa shape index (κ2) is 8.54. The fourth-order valence-electron chi connectivity index (χ4n) is 2.13. The summed E-state index contributed by atoms with van der Waals surface area (Å²) in [5.74, 6) is -36.8. The molecule has 0 atom stereocenters. The fourth-order valence-corrected chi connectivity index (χ4v) is 2.13. The van der Waals surface area contributed by atoms with Crippen LogP contribution in [0.1, 0.15) is 18.4 Å². The first kappa shape index (κ1) is 27.1. The van der Waals surface area contributed by atoms with Crippen LogP contribution < -0.4 is 4.74 Å². The Morgan fingerprint density at radius 1 is 0.645 bits per heavy atom. The van der Waals surface area contributed by atoms with E-state index < -0.39 is 55.2 Å². The van der Waals surface area contributed by atoms with E-state index in [1.807, 2.05) is 0 Å². The summed E-state index contributed by atoms with van der Waals surface area (Å²) in [6.45, 7) is -1.22. The Hall–Kier alpha value is -1.93. The number of aliphatic hydroxyl groups excluding tert-OH is 1. The van der Waals surface area contributed by atoms with Crippen molar-refractivity contribution in [1.29, 1.82) is 0 Å². The Morgan fingerprint density at radius 3 is 1.52 bits per heavy atom. The van der Waals surface area contributed by atoms with E-state index in [-0.39, 0.29) is 12.4 Å². The van der Waals surface area contributed by atoms with Gasteiger partial charge in [-0.15, -0.1) is 0 Å². The van der Waals surface area contributed by atoms with Crippen molar-refractivity contribution in [1.82, 2.24) is 0 Å². The van der Waals surface area contributed by atoms with Gasteiger partial charge in [0.1, 0.15) is 5.75 Å². The maximum atomic E-state index is 13.6. The molecule has 0 aliphatic carbocycles. The second-order valence-electron chi connectivity index (χ2n) is 6.25. The summed E-state index contributed by atoms with van der Waals surface area (Å²) in [4.78, 5) is 0. The van der Waals surface area contributed by atoms with Crippen LogP contribution in [0.15, 0.2) is 24.3 Å². The lowest BCUT2D eigenvalue weighted by molar-refractivity contribution is -0.440. The molecule has 0 saturated carbocycles. The van der Waals surface area contributed by atoms with Crippen LogP contribution in [0.25, 0.3) is 0 Å². The van der Waals surface area contributed by atoms with Crippen LogP contribution in [0.3, 0.4) is 0 Å². The molecule has 1 rings (SSSR count). The topological polar surface area (TPSA) is 29.5 Å². The molecule has 31 heavy (non-hydrogen) atoms. The highest BCUT2D eigenvalue weighted by molar-refractivity contribution is 5.26. The number of alkyl halides is 13. The SMILES string of the molecule is OCc1ccc(OCCCC(F)(F)C(F)(F)C(F)(F)C(F)(F)C(F)(F)C(F)(F)F)cc1. The molecule has 1 aromatic rings. The van der Waals surface area contributed by atoms with Crippen molar-refractivity contribution in [2.75, 3.05) is 6.61 Å². The summed E-state index contributed by atoms with van der Waals surface area (Å²) in [5, 5.41) is 8.81. The van der Waals surface area contributed by atoms with Gasteiger partial charge in [0, 0.05) is 6.42 Å². The Morgan fingerprint density at radius 2 is 1.10 bits per heavy atom. The normalized spacial score (nSPS) is 14.6. The summed E-state index contributed by atoms with van der Waals surface area (Å²) in [5.41, 5.74) is 0.400. The lowest BCUT2D eigenvalue weighted by Gasteiger charge is -2.39. The molecule has 0 heterocycles. The minimum Gasteiger partial charge on any atom is -0.494 e. The lowest BCUT2D eigenvalue weighted by atomic mass is 9.92. The summed E-state index contributed by atoms with van der Waals surface area (Å²) in [6, 6.07) is 5.02. The van der Waals surface area contributed by atoms with Gasteiger partial charge in [0.05, 0.1) is 13.2 Å². The van der Waals surface area contributed by atoms with Gasteiger partial charge in [-0.25, -0.2) is 0 Å². The highest BCUT2D eigenvalue weighted by atomic mass is 19.4. The maximum Gasteiger partial charge on any atom is 0.460 e. The Bertz CT molecular complexity index is 726. The largest absolute Gasteiger partial charge is 0.494 e. The van der Waals surface area contributed by atoms with Crippen molar-refractivity contribution >= 4 is 0 Å². The molecule has 15 heteroatoms. The van der Waals surface area contributed by atoms with E-state index in [1.165, 1.54) is 24.3 Å². The number of halogens is 13. The summed E-state index contributed by atoms with van der Waals surface area (Å²) in [7, 11) is 0. The quantitative estimate of drug-likeness (QED) is 0.323. The van der Waals surface area contributed by atoms with Crippen molar-refractivity contribution in [2.24, 2.45) is 0 Å². The van der Waals surface area contributed by atoms with E-state index in [0.29, 0.717) is 5.56 Å². The summed E-state index contributed by atoms with van der Waals surface area (Å²) >= 11 is 0. The Balaban J connectivity index is 2.95. The van der Waals surface area contributed by atoms with Gasteiger partial charge in [0.15, 0.2) is 0 Å². The van der Waals surface area contributed by atoms with E-state index >= 15 is 0 Å². The van der Waals surface area contributed by atoms with Crippen molar-refractivity contribution in [3.8, 4) is 5.75 Å². The van der Waals surface area contributed by atoms with Gasteiger partial charge >= 0.3 is 35.8 Å². The smallest absolute Gasteiger partial charge is 0.460 e. The molecule has 0 aromatic heterocycles. The van der Waals surface area contributed by atoms with E-state index in [9.17, 15) is 57.1 Å². The van der Waals surface area contributed by atoms with Gasteiger partial charge in [0.25, 0.3) is 0 Å². The summed E-state index contributed by atoms with van der Waals surface area (Å²) in [6.07, 6.45) is -10.9. The highest BCUT2D eigenvalue weighted by Crippen LogP contribution is 2.60. The minimum absolute atomic E-state index is 0.0473. The van der Waals surface area contributed by atoms with Crippen molar-refractivity contribution in [3.05, 3.63) is 29.8 Å². The van der Waals surface area contributed by atoms with Crippen molar-refractivity contribution in [3.63, 3.8) is 0 Å². The third-order valence-electron chi connectivity index (χ3n) is 4.01. The molecule has 1 N–H and O–H groups in total. The number of hydrogen-bond acceptors (Lipinski definition) is 2. The highest BCUT2D eigenvalue weighted by Gasteiger charge is 2.90. The molecular formula is C16H13F13O2. The molecule has 0 fully saturated rings. The van der Waals surface area contributed by atoms with Crippen LogP contribution in [0, 0.1) is 0 Å². The lowest BCUT2D eigenvalue weighted by Crippen LogP contribution is -2.70. The van der Waals surface area contributed by atoms with Gasteiger partial charge in [-0.3, -0.25) is 0 Å². The Labute approximate surface area is 165 Å². The van der Waals surface area contributed by atoms with Crippen molar-refractivity contribution < 1.29 is 66.9 Å². The first-order valence-electron chi connectivity index (χ1n) is 8.04. The third kappa shape index (κ3) is 4.80. The average molecular weight is 484 g/mol. The van der Waals surface area contributed by atoms with Gasteiger partial charge < -0.3 is 9.84 Å². The number of rotatable bonds is 10. The number of ether oxygens (including phenoxy) is 1. The molecule has 0 aliphatic heterocycles. The van der Waals surface area contributed by atoms with Crippen LogP contribution in [-0.2, 0) is 6.61 Å². The number of hydrogen-bond donors (Lipinski definition) is 1. The molecule has 0 unspecified atom stereocenters. The Kier molecular flexibility index (Phi) is 7.47. The average Bonchev–Trinajstić information content (AvgIpc) is 2.64. The molecule has 0 saturated heterocycles. The van der Waals surface area contributed by atoms with E-state index in [1.54, 1.807) is 0 Å². The second-order valence-corrected chi connectivity index (χ2v) is 6.25. The van der Waals surface area contributed by atoms with Crippen LogP contribution in [0.2, 0.25) is 0 Å². The summed E-state index contributed by atoms with van der Waals surface area (Å²) < 4.78 is 173. The molecule has 0 amide bonds. The van der Waals surface area contributed by atoms with Gasteiger partial charge in [-0.05, 0) is 24.1 Å². The number of benzene rings is 1. The predicted octanol–water partition coefficient (Wildman–Crippen LogP) is 6.08. The molecule has 0 radical (unpaired) electrons. The molecule has 0 bridgehead atoms. The standard InChI is InChI=1S/C16H13F13O2/c17-11(18,6-1-7-31-10-4-2-9(8-30)3-5-10)12(19,20)13(21,22)14(23,24)15(25,26)16(27,28)29/h2-5,30H,1,6-8H2. The monoisotopic (exact) mass is 484 g/mol. The zero-order valence-corrected chi connectivity index (χ0v) is 14.9. The molecule has 180 valence electrons. The zero-order valence-electron chi connectivity index (χ0n) is 14.9. The van der Waals surface area contributed by atoms with Crippen LogP contribution in [0.4, 0.5) is 57.1 Å². The van der Waals surface area contributed by atoms with E-state index in [4.69, 9.17) is 9.84 Å². The molecular weight excluding hydrogens is 471 g/mol. The van der Waals surface area contributed by atoms with E-state index in [0.717, 1.165) is 0 Å². The van der Waals surface area contributed by atoms with E-state index in [2.05, 4.69) is 0 Å². The van der Waals surface area contributed by atoms with Crippen LogP contribution in [0.5, 0.6) is 5.75 Å². The zero-order chi connectivity index (χ0) is 24.5. The van der Waals surface area contributed by atoms with Crippen LogP contribution >= 0.6 is 0 Å². The maximum absolute atomic E-state index is 13.6. The molecule has 0 aliphatic rings. The third-order valence-corrected chi connectivity index (χ3v) is 4.01. The molecule has 0 spiro atoms. The molecule has 2 nitrogen and oxygen atoms in total. The van der Waals surface area contributed by atoms with Crippen molar-refractivity contribution in [2.45, 2.75) is 55.2 Å². The minimum atomic E-state index is -7.89. The van der Waals surface area contributed by atoms with Gasteiger partial charge in [-0.1, -0.05) is 12.1 Å². The van der Waals surface area contributed by atoms with Gasteiger partial charge in [-0.2, -0.15) is 57.1 Å². The number of aliphatic hydroxyl groups is 1. The molecule has 1 aromatic carbocycles. The van der Waals surface area contributed by atoms with Crippen LogP contribution in [-0.4, -0.2) is 47.5 Å². The van der Waals surface area contributed by atoms with Gasteiger partial charge in [0.2, 0.25) is 0 Å². The first-order valence-corrected chi connectivity index (χ1v) is 8.04. The first-order chi connectivity index (χ1) is 13.8. The fraction of sp³-hybridized carbons (Fsp3) is 0.625. The predicted molar refractivity (Wildman–Crippen MR) is 77.9 cm³/mol.